The second-order valence-corrected chi connectivity index (χ2v) is 24.0. The molecule has 16 nitrogen and oxygen atoms in total. The molecule has 18 heteroatoms. The van der Waals surface area contributed by atoms with Crippen molar-refractivity contribution in [1.82, 2.24) is 48.7 Å². The van der Waals surface area contributed by atoms with Gasteiger partial charge >= 0.3 is 12.2 Å². The number of ether oxygens (including phenoxy) is 3. The summed E-state index contributed by atoms with van der Waals surface area (Å²) in [5.74, 6) is 0. The number of fused-ring (bicyclic) bond motifs is 4. The number of pyridine rings is 2. The van der Waals surface area contributed by atoms with Gasteiger partial charge in [-0.1, -0.05) is 54.9 Å². The summed E-state index contributed by atoms with van der Waals surface area (Å²) in [6.45, 7) is 22.6. The number of rotatable bonds is 6. The second kappa shape index (κ2) is 21.9. The number of amides is 2. The summed E-state index contributed by atoms with van der Waals surface area (Å²) < 4.78 is 21.5. The zero-order chi connectivity index (χ0) is 55.6. The molecule has 418 valence electrons. The van der Waals surface area contributed by atoms with Crippen molar-refractivity contribution in [3.8, 4) is 0 Å². The van der Waals surface area contributed by atoms with E-state index in [1.807, 2.05) is 148 Å². The van der Waals surface area contributed by atoms with E-state index in [4.69, 9.17) is 47.4 Å². The van der Waals surface area contributed by atoms with Crippen molar-refractivity contribution in [2.45, 2.75) is 104 Å². The van der Waals surface area contributed by atoms with Gasteiger partial charge in [-0.15, -0.1) is 0 Å². The van der Waals surface area contributed by atoms with E-state index in [1.165, 1.54) is 0 Å². The van der Waals surface area contributed by atoms with E-state index in [2.05, 4.69) is 42.5 Å². The number of hydrogen-bond acceptors (Lipinski definition) is 12. The third kappa shape index (κ3) is 11.4. The van der Waals surface area contributed by atoms with Crippen LogP contribution in [0.15, 0.2) is 85.7 Å². The van der Waals surface area contributed by atoms with Crippen LogP contribution in [0.1, 0.15) is 136 Å². The first kappa shape index (κ1) is 57.3. The lowest BCUT2D eigenvalue weighted by atomic mass is 9.83. The molecule has 6 aromatic rings. The highest BCUT2D eigenvalue weighted by atomic mass is 35.5. The topological polar surface area (TPSA) is 160 Å². The first-order valence-electron chi connectivity index (χ1n) is 26.6. The highest BCUT2D eigenvalue weighted by Crippen LogP contribution is 2.55. The highest BCUT2D eigenvalue weighted by molar-refractivity contribution is 6.31. The molecule has 3 fully saturated rings. The minimum atomic E-state index is -1.35. The van der Waals surface area contributed by atoms with Gasteiger partial charge in [0.15, 0.2) is 5.60 Å². The Morgan fingerprint density at radius 3 is 1.54 bits per heavy atom. The number of piperazine rings is 2. The molecule has 0 spiro atoms. The number of hydrogen-bond donors (Lipinski definition) is 1. The van der Waals surface area contributed by atoms with Crippen LogP contribution in [-0.2, 0) is 39.5 Å². The molecular weight excluding hydrogens is 1040 g/mol. The first-order valence-corrected chi connectivity index (χ1v) is 27.4. The maximum absolute atomic E-state index is 12.7. The number of carbonyl (C=O) groups excluding carboxylic acids is 2. The van der Waals surface area contributed by atoms with Gasteiger partial charge in [0.25, 0.3) is 0 Å². The van der Waals surface area contributed by atoms with Crippen LogP contribution in [0.25, 0.3) is 23.3 Å². The molecule has 4 atom stereocenters. The van der Waals surface area contributed by atoms with Crippen LogP contribution in [0.4, 0.5) is 9.59 Å². The van der Waals surface area contributed by atoms with Gasteiger partial charge in [-0.05, 0) is 150 Å². The van der Waals surface area contributed by atoms with Crippen molar-refractivity contribution in [1.29, 1.82) is 0 Å². The molecule has 0 radical (unpaired) electrons. The maximum Gasteiger partial charge on any atom is 0.410 e. The zero-order valence-electron chi connectivity index (χ0n) is 46.5. The van der Waals surface area contributed by atoms with Crippen LogP contribution >= 0.6 is 23.2 Å². The van der Waals surface area contributed by atoms with Crippen LogP contribution in [0.3, 0.4) is 0 Å². The lowest BCUT2D eigenvalue weighted by Gasteiger charge is -2.40. The Bertz CT molecular complexity index is 3080. The number of nitrogens with zero attached hydrogens (tertiary/aromatic N) is 10. The van der Waals surface area contributed by atoms with Gasteiger partial charge < -0.3 is 38.3 Å². The normalized spacial score (nSPS) is 20.9. The maximum atomic E-state index is 12.7. The minimum absolute atomic E-state index is 0. The van der Waals surface area contributed by atoms with Gasteiger partial charge in [-0.3, -0.25) is 19.8 Å². The molecule has 1 N–H and O–H groups in total. The number of aryl methyl sites for hydroxylation is 4. The van der Waals surface area contributed by atoms with E-state index in [1.54, 1.807) is 22.3 Å². The number of aromatic nitrogens is 6. The molecule has 7 heterocycles. The third-order valence-electron chi connectivity index (χ3n) is 15.2. The average molecular weight is 1110 g/mol. The fourth-order valence-electron chi connectivity index (χ4n) is 11.8. The molecule has 5 aliphatic rings. The summed E-state index contributed by atoms with van der Waals surface area (Å²) in [5.41, 5.74) is 10.2. The molecule has 2 amide bonds. The summed E-state index contributed by atoms with van der Waals surface area (Å²) in [6, 6.07) is 19.7. The van der Waals surface area contributed by atoms with Crippen LogP contribution < -0.4 is 0 Å². The number of aliphatic hydroxyl groups is 1. The summed E-state index contributed by atoms with van der Waals surface area (Å²) in [4.78, 5) is 52.5. The largest absolute Gasteiger partial charge is 0.444 e. The van der Waals surface area contributed by atoms with Gasteiger partial charge in [-0.2, -0.15) is 0 Å². The Kier molecular flexibility index (Phi) is 15.9. The third-order valence-corrected chi connectivity index (χ3v) is 15.7. The molecule has 2 aromatic carbocycles. The molecular formula is C61H74Cl2N10O6. The van der Waals surface area contributed by atoms with Crippen LogP contribution in [-0.4, -0.2) is 136 Å². The Hall–Kier alpha value is -6.40. The van der Waals surface area contributed by atoms with Crippen molar-refractivity contribution in [2.75, 3.05) is 59.0 Å². The number of carbonyl (C=O) groups is 2. The molecule has 0 saturated carbocycles. The predicted molar refractivity (Wildman–Crippen MR) is 309 cm³/mol. The Morgan fingerprint density at radius 2 is 1.10 bits per heavy atom. The van der Waals surface area contributed by atoms with Gasteiger partial charge in [0.05, 0.1) is 65.5 Å². The van der Waals surface area contributed by atoms with Crippen LogP contribution in [0.5, 0.6) is 0 Å². The highest BCUT2D eigenvalue weighted by Gasteiger charge is 2.55. The monoisotopic (exact) mass is 1110 g/mol. The SMILES string of the molecule is C.Cc1ncn(C)c1C(C)(O)C1=Cc2cccnc2[C@@H](N2CCN(C(=O)OC(C)(C)C)CC2)c2ccc(Cl)cc21.Cc1ncn(C)c1C1(C2=Cc3cccnc3[C@@H](N3CCN(C(=O)OC(C)(C)C)CC3)c3ccc(Cl)cc32)CO1. The van der Waals surface area contributed by atoms with Gasteiger partial charge in [0.2, 0.25) is 0 Å². The van der Waals surface area contributed by atoms with E-state index in [0.717, 1.165) is 78.7 Å². The van der Waals surface area contributed by atoms with Crippen molar-refractivity contribution in [3.05, 3.63) is 163 Å². The van der Waals surface area contributed by atoms with Gasteiger partial charge in [0.1, 0.15) is 16.8 Å². The minimum Gasteiger partial charge on any atom is -0.444 e. The Morgan fingerprint density at radius 1 is 0.646 bits per heavy atom. The standard InChI is InChI=1S/C30H34ClN5O3.C30H36ClN5O3.CH4/c1-19-27(34(5)18-33-19)30(17-38-30)24-15-20-7-6-10-32-25(20)26(22-9-8-21(31)16-23(22)24)35-11-13-36(14-12-35)28(37)39-29(2,3)4;1-19-27(34(6)18-33-19)30(5,38)24-16-20-8-7-11-32-25(20)26(22-10-9-21(31)17-23(22)24)35-12-14-36(15-13-35)28(37)39-29(2,3)4;/h6-10,15-16,18,26H,11-14,17H2,1-5H3;7-11,16-18,26,38H,12-15H2,1-6H3;1H4/t2*26-,30?;/m00./s1. The average Bonchev–Trinajstić information content (AvgIpc) is 4.26. The molecule has 3 aliphatic heterocycles. The number of benzene rings is 2. The number of epoxide rings is 1. The van der Waals surface area contributed by atoms with Crippen molar-refractivity contribution >= 4 is 58.7 Å². The van der Waals surface area contributed by atoms with E-state index in [-0.39, 0.29) is 31.7 Å². The van der Waals surface area contributed by atoms with Crippen molar-refractivity contribution in [2.24, 2.45) is 14.1 Å². The van der Waals surface area contributed by atoms with E-state index < -0.39 is 22.4 Å². The molecule has 4 aromatic heterocycles. The molecule has 2 aliphatic carbocycles. The second-order valence-electron chi connectivity index (χ2n) is 23.1. The fourth-order valence-corrected chi connectivity index (χ4v) is 12.1. The van der Waals surface area contributed by atoms with Crippen molar-refractivity contribution in [3.63, 3.8) is 0 Å². The fraction of sp³-hybridized carbons (Fsp3) is 0.443. The molecule has 3 saturated heterocycles. The Balaban J connectivity index is 0.000000189. The smallest absolute Gasteiger partial charge is 0.410 e. The van der Waals surface area contributed by atoms with E-state index >= 15 is 0 Å². The summed E-state index contributed by atoms with van der Waals surface area (Å²) in [5, 5.41) is 13.4. The summed E-state index contributed by atoms with van der Waals surface area (Å²) in [7, 11) is 3.90. The molecule has 2 unspecified atom stereocenters. The van der Waals surface area contributed by atoms with Gasteiger partial charge in [0, 0.05) is 94.5 Å². The van der Waals surface area contributed by atoms with E-state index in [9.17, 15) is 14.7 Å². The van der Waals surface area contributed by atoms with E-state index in [0.29, 0.717) is 69.0 Å². The number of imidazole rings is 2. The summed E-state index contributed by atoms with van der Waals surface area (Å²) >= 11 is 13.2. The van der Waals surface area contributed by atoms with Gasteiger partial charge in [-0.25, -0.2) is 19.6 Å². The zero-order valence-corrected chi connectivity index (χ0v) is 48.0. The molecule has 0 bridgehead atoms. The number of halogens is 2. The lowest BCUT2D eigenvalue weighted by molar-refractivity contribution is 0.0109. The van der Waals surface area contributed by atoms with Crippen LogP contribution in [0.2, 0.25) is 10.0 Å². The molecule has 79 heavy (non-hydrogen) atoms. The lowest BCUT2D eigenvalue weighted by Crippen LogP contribution is -2.51. The quantitative estimate of drug-likeness (QED) is 0.158. The molecule has 11 rings (SSSR count). The Labute approximate surface area is 474 Å². The van der Waals surface area contributed by atoms with Crippen molar-refractivity contribution < 1.29 is 28.9 Å². The predicted octanol–water partition coefficient (Wildman–Crippen LogP) is 11.0. The summed E-state index contributed by atoms with van der Waals surface area (Å²) in [6.07, 6.45) is 10.9. The van der Waals surface area contributed by atoms with Crippen LogP contribution in [0, 0.1) is 13.8 Å². The first-order chi connectivity index (χ1) is 36.9.